The van der Waals surface area contributed by atoms with Gasteiger partial charge in [-0.05, 0) is 43.9 Å². The van der Waals surface area contributed by atoms with Crippen LogP contribution in [0.4, 0.5) is 21.7 Å². The smallest absolute Gasteiger partial charge is 0.290 e. The molecule has 4 aromatic rings. The molecule has 6 rings (SSSR count). The van der Waals surface area contributed by atoms with E-state index in [1.54, 1.807) is 16.7 Å². The fourth-order valence-electron chi connectivity index (χ4n) is 5.26. The monoisotopic (exact) mass is 514 g/mol. The lowest BCUT2D eigenvalue weighted by molar-refractivity contribution is 0.0959. The Kier molecular flexibility index (Phi) is 5.78. The van der Waals surface area contributed by atoms with Crippen LogP contribution in [-0.4, -0.2) is 48.0 Å². The van der Waals surface area contributed by atoms with Crippen molar-refractivity contribution in [3.63, 3.8) is 0 Å². The maximum absolute atomic E-state index is 15.4. The summed E-state index contributed by atoms with van der Waals surface area (Å²) >= 11 is 0. The first-order chi connectivity index (χ1) is 18.5. The van der Waals surface area contributed by atoms with Crippen LogP contribution in [0.3, 0.4) is 0 Å². The minimum Gasteiger partial charge on any atom is -0.336 e. The van der Waals surface area contributed by atoms with E-state index in [1.165, 1.54) is 36.7 Å². The fraction of sp³-hybridized carbons (Fsp3) is 0.269. The van der Waals surface area contributed by atoms with Crippen LogP contribution in [0.2, 0.25) is 0 Å². The number of pyridine rings is 1. The molecule has 11 nitrogen and oxygen atoms in total. The van der Waals surface area contributed by atoms with Crippen LogP contribution in [-0.2, 0) is 26.4 Å². The lowest BCUT2D eigenvalue weighted by atomic mass is 9.97. The molecular weight excluding hydrogens is 491 g/mol. The number of nitrogens with one attached hydrogen (secondary N) is 1. The number of aldehydes is 1. The number of anilines is 3. The van der Waals surface area contributed by atoms with E-state index in [0.717, 1.165) is 29.6 Å². The number of aryl methyl sites for hydroxylation is 1. The molecule has 0 aromatic carbocycles. The Balaban J connectivity index is 1.42. The first-order valence-corrected chi connectivity index (χ1v) is 12.3. The number of rotatable bonds is 5. The lowest BCUT2D eigenvalue weighted by Crippen LogP contribution is -2.42. The Morgan fingerprint density at radius 2 is 1.92 bits per heavy atom. The number of fused-ring (bicyclic) bond motifs is 3. The largest absolute Gasteiger partial charge is 0.336 e. The highest BCUT2D eigenvalue weighted by Gasteiger charge is 2.36. The normalized spacial score (nSPS) is 14.7. The van der Waals surface area contributed by atoms with Crippen molar-refractivity contribution in [2.75, 3.05) is 16.8 Å². The Morgan fingerprint density at radius 1 is 1.08 bits per heavy atom. The van der Waals surface area contributed by atoms with Crippen molar-refractivity contribution >= 4 is 29.5 Å². The Morgan fingerprint density at radius 3 is 2.71 bits per heavy atom. The molecule has 1 aliphatic heterocycles. The molecule has 0 saturated heterocycles. The molecule has 4 aromatic heterocycles. The molecule has 0 unspecified atom stereocenters. The number of hydrogen-bond acceptors (Lipinski definition) is 8. The minimum atomic E-state index is -0.532. The first-order valence-electron chi connectivity index (χ1n) is 12.3. The highest BCUT2D eigenvalue weighted by molar-refractivity contribution is 6.09. The number of amides is 1. The number of halogens is 1. The van der Waals surface area contributed by atoms with E-state index in [1.807, 2.05) is 0 Å². The van der Waals surface area contributed by atoms with E-state index in [9.17, 15) is 14.4 Å². The fourth-order valence-corrected chi connectivity index (χ4v) is 5.26. The summed E-state index contributed by atoms with van der Waals surface area (Å²) in [6.07, 6.45) is 8.17. The number of carbonyl (C=O) groups is 2. The Labute approximate surface area is 216 Å². The third-order valence-electron chi connectivity index (χ3n) is 7.03. The summed E-state index contributed by atoms with van der Waals surface area (Å²) < 4.78 is 18.3. The second-order valence-electron chi connectivity index (χ2n) is 9.21. The predicted molar refractivity (Wildman–Crippen MR) is 136 cm³/mol. The highest BCUT2D eigenvalue weighted by Crippen LogP contribution is 2.35. The van der Waals surface area contributed by atoms with Gasteiger partial charge in [-0.15, -0.1) is 0 Å². The molecular formula is C26H23FN8O3. The number of aromatic nitrogens is 6. The van der Waals surface area contributed by atoms with Crippen molar-refractivity contribution in [1.29, 1.82) is 0 Å². The summed E-state index contributed by atoms with van der Waals surface area (Å²) in [4.78, 5) is 52.3. The van der Waals surface area contributed by atoms with Crippen molar-refractivity contribution in [2.24, 2.45) is 7.05 Å². The molecule has 0 atom stereocenters. The van der Waals surface area contributed by atoms with E-state index in [0.29, 0.717) is 41.9 Å². The van der Waals surface area contributed by atoms with Crippen molar-refractivity contribution in [2.45, 2.75) is 32.2 Å². The van der Waals surface area contributed by atoms with Gasteiger partial charge in [0.1, 0.15) is 29.3 Å². The highest BCUT2D eigenvalue weighted by atomic mass is 19.1. The van der Waals surface area contributed by atoms with Crippen LogP contribution in [0.5, 0.6) is 0 Å². The summed E-state index contributed by atoms with van der Waals surface area (Å²) in [5, 5.41) is 7.28. The first kappa shape index (κ1) is 23.6. The summed E-state index contributed by atoms with van der Waals surface area (Å²) in [7, 11) is 1.49. The van der Waals surface area contributed by atoms with Crippen LogP contribution in [0.25, 0.3) is 11.3 Å². The molecule has 0 saturated carbocycles. The van der Waals surface area contributed by atoms with E-state index in [2.05, 4.69) is 25.4 Å². The van der Waals surface area contributed by atoms with Gasteiger partial charge in [-0.3, -0.25) is 19.3 Å². The molecule has 1 amide bonds. The zero-order valence-electron chi connectivity index (χ0n) is 20.5. The van der Waals surface area contributed by atoms with Gasteiger partial charge < -0.3 is 9.88 Å². The van der Waals surface area contributed by atoms with Gasteiger partial charge in [0.15, 0.2) is 12.1 Å². The Bertz CT molecular complexity index is 1650. The molecule has 0 fully saturated rings. The summed E-state index contributed by atoms with van der Waals surface area (Å²) in [6, 6.07) is 4.70. The predicted octanol–water partition coefficient (Wildman–Crippen LogP) is 2.67. The van der Waals surface area contributed by atoms with E-state index in [4.69, 9.17) is 0 Å². The quantitative estimate of drug-likeness (QED) is 0.403. The second kappa shape index (κ2) is 9.29. The topological polar surface area (TPSA) is 128 Å². The van der Waals surface area contributed by atoms with Crippen molar-refractivity contribution in [1.82, 2.24) is 29.3 Å². The van der Waals surface area contributed by atoms with Crippen molar-refractivity contribution in [3.05, 3.63) is 75.6 Å². The van der Waals surface area contributed by atoms with Crippen molar-refractivity contribution in [3.8, 4) is 11.3 Å². The molecule has 1 N–H and O–H groups in total. The number of carbonyl (C=O) groups excluding carboxylic acids is 2. The number of hydrogen-bond donors (Lipinski definition) is 1. The third-order valence-corrected chi connectivity index (χ3v) is 7.03. The molecule has 0 radical (unpaired) electrons. The van der Waals surface area contributed by atoms with E-state index < -0.39 is 17.3 Å². The molecule has 38 heavy (non-hydrogen) atoms. The van der Waals surface area contributed by atoms with Crippen LogP contribution >= 0.6 is 0 Å². The standard InChI is InChI=1S/C26H23FN8O3/c1-33-25(37)19(31-21-7-8-28-14-30-21)12-18(32-33)15-6-9-29-24(17(15)13-36)35-11-10-34-20-5-3-2-4-16(20)22(27)23(34)26(35)38/h6-9,12-14H,2-5,10-11H2,1H3,(H,28,30,31). The molecule has 0 spiro atoms. The molecule has 2 aliphatic rings. The van der Waals surface area contributed by atoms with Gasteiger partial charge in [0.05, 0.1) is 11.3 Å². The molecule has 5 heterocycles. The number of nitrogens with zero attached hydrogens (tertiary/aromatic N) is 7. The van der Waals surface area contributed by atoms with Gasteiger partial charge in [-0.2, -0.15) is 5.10 Å². The van der Waals surface area contributed by atoms with Gasteiger partial charge in [0, 0.05) is 49.4 Å². The van der Waals surface area contributed by atoms with Gasteiger partial charge >= 0.3 is 0 Å². The SMILES string of the molecule is Cn1nc(-c2ccnc(N3CCn4c5c(c(F)c4C3=O)CCCC5)c2C=O)cc(Nc2ccncn2)c1=O. The van der Waals surface area contributed by atoms with Crippen molar-refractivity contribution < 1.29 is 14.0 Å². The van der Waals surface area contributed by atoms with Gasteiger partial charge in [0.25, 0.3) is 11.5 Å². The van der Waals surface area contributed by atoms with Gasteiger partial charge in [-0.1, -0.05) is 0 Å². The molecule has 192 valence electrons. The summed E-state index contributed by atoms with van der Waals surface area (Å²) in [5.74, 6) is -0.478. The van der Waals surface area contributed by atoms with Crippen LogP contribution in [0.1, 0.15) is 44.9 Å². The Hall–Kier alpha value is -4.74. The lowest BCUT2D eigenvalue weighted by Gasteiger charge is -2.30. The van der Waals surface area contributed by atoms with Crippen LogP contribution in [0.15, 0.2) is 41.7 Å². The van der Waals surface area contributed by atoms with E-state index >= 15 is 4.39 Å². The maximum atomic E-state index is 15.4. The van der Waals surface area contributed by atoms with Crippen LogP contribution < -0.4 is 15.8 Å². The third kappa shape index (κ3) is 3.76. The minimum absolute atomic E-state index is 0.0174. The van der Waals surface area contributed by atoms with Gasteiger partial charge in [-0.25, -0.2) is 24.0 Å². The summed E-state index contributed by atoms with van der Waals surface area (Å²) in [6.45, 7) is 0.646. The molecule has 12 heteroatoms. The second-order valence-corrected chi connectivity index (χ2v) is 9.21. The zero-order valence-corrected chi connectivity index (χ0v) is 20.5. The molecule has 1 aliphatic carbocycles. The zero-order chi connectivity index (χ0) is 26.4. The van der Waals surface area contributed by atoms with E-state index in [-0.39, 0.29) is 29.3 Å². The summed E-state index contributed by atoms with van der Waals surface area (Å²) in [5.41, 5.74) is 2.12. The molecule has 0 bridgehead atoms. The average Bonchev–Trinajstić information content (AvgIpc) is 3.24. The average molecular weight is 515 g/mol. The van der Waals surface area contributed by atoms with Crippen LogP contribution in [0, 0.1) is 5.82 Å². The maximum Gasteiger partial charge on any atom is 0.290 e. The van der Waals surface area contributed by atoms with Gasteiger partial charge in [0.2, 0.25) is 0 Å².